The first-order valence-corrected chi connectivity index (χ1v) is 8.15. The quantitative estimate of drug-likeness (QED) is 0.767. The van der Waals surface area contributed by atoms with Crippen molar-refractivity contribution in [1.29, 1.82) is 0 Å². The van der Waals surface area contributed by atoms with E-state index in [1.165, 1.54) is 4.90 Å². The molecule has 23 heavy (non-hydrogen) atoms. The second-order valence-electron chi connectivity index (χ2n) is 6.70. The largest absolute Gasteiger partial charge is 0.361 e. The van der Waals surface area contributed by atoms with Gasteiger partial charge in [0.15, 0.2) is 5.69 Å². The molecule has 2 bridgehead atoms. The summed E-state index contributed by atoms with van der Waals surface area (Å²) in [5.74, 6) is 0.383. The van der Waals surface area contributed by atoms with Crippen LogP contribution in [0.1, 0.15) is 54.8 Å². The van der Waals surface area contributed by atoms with Crippen molar-refractivity contribution in [3.63, 3.8) is 0 Å². The van der Waals surface area contributed by atoms with Crippen LogP contribution < -0.4 is 0 Å². The first kappa shape index (κ1) is 14.4. The number of aryl methyl sites for hydroxylation is 1. The molecule has 3 amide bonds. The smallest absolute Gasteiger partial charge is 0.276 e. The summed E-state index contributed by atoms with van der Waals surface area (Å²) in [4.78, 5) is 39.9. The van der Waals surface area contributed by atoms with Gasteiger partial charge in [0.25, 0.3) is 5.91 Å². The first-order chi connectivity index (χ1) is 11.0. The monoisotopic (exact) mass is 317 g/mol. The lowest BCUT2D eigenvalue weighted by molar-refractivity contribution is -0.142. The Morgan fingerprint density at radius 1 is 1.13 bits per heavy atom. The molecule has 7 nitrogen and oxygen atoms in total. The van der Waals surface area contributed by atoms with E-state index in [-0.39, 0.29) is 35.8 Å². The van der Waals surface area contributed by atoms with Gasteiger partial charge < -0.3 is 9.42 Å². The predicted octanol–water partition coefficient (Wildman–Crippen LogP) is 1.27. The van der Waals surface area contributed by atoms with Gasteiger partial charge in [0.1, 0.15) is 5.76 Å². The van der Waals surface area contributed by atoms with Crippen LogP contribution in [0.3, 0.4) is 0 Å². The van der Waals surface area contributed by atoms with E-state index in [1.807, 2.05) is 4.90 Å². The van der Waals surface area contributed by atoms with Gasteiger partial charge in [-0.3, -0.25) is 19.3 Å². The highest BCUT2D eigenvalue weighted by atomic mass is 16.5. The third kappa shape index (κ3) is 2.26. The average Bonchev–Trinajstić information content (AvgIpc) is 3.16. The molecular weight excluding hydrogens is 298 g/mol. The molecule has 0 saturated carbocycles. The van der Waals surface area contributed by atoms with Crippen molar-refractivity contribution < 1.29 is 18.9 Å². The fourth-order valence-electron chi connectivity index (χ4n) is 4.29. The molecular formula is C16H19N3O4. The number of amides is 3. The molecule has 1 aromatic heterocycles. The van der Waals surface area contributed by atoms with Crippen LogP contribution in [-0.2, 0) is 9.59 Å². The molecule has 3 saturated heterocycles. The Kier molecular flexibility index (Phi) is 3.25. The number of imide groups is 1. The Hall–Kier alpha value is -2.18. The van der Waals surface area contributed by atoms with E-state index >= 15 is 0 Å². The van der Waals surface area contributed by atoms with Gasteiger partial charge in [-0.15, -0.1) is 0 Å². The molecule has 2 atom stereocenters. The second-order valence-corrected chi connectivity index (χ2v) is 6.70. The summed E-state index contributed by atoms with van der Waals surface area (Å²) >= 11 is 0. The molecule has 2 unspecified atom stereocenters. The van der Waals surface area contributed by atoms with Crippen LogP contribution in [0.15, 0.2) is 10.6 Å². The van der Waals surface area contributed by atoms with Gasteiger partial charge in [0.2, 0.25) is 11.8 Å². The minimum Gasteiger partial charge on any atom is -0.361 e. The molecule has 3 aliphatic rings. The Balaban J connectivity index is 1.53. The molecule has 3 fully saturated rings. The zero-order valence-electron chi connectivity index (χ0n) is 13.0. The molecule has 4 heterocycles. The van der Waals surface area contributed by atoms with Crippen LogP contribution in [0.2, 0.25) is 0 Å². The number of nitrogens with zero attached hydrogens (tertiary/aromatic N) is 3. The van der Waals surface area contributed by atoms with E-state index in [4.69, 9.17) is 4.52 Å². The summed E-state index contributed by atoms with van der Waals surface area (Å²) in [5.41, 5.74) is 0.339. The van der Waals surface area contributed by atoms with Crippen molar-refractivity contribution in [2.45, 2.75) is 63.6 Å². The lowest BCUT2D eigenvalue weighted by Crippen LogP contribution is -2.53. The highest BCUT2D eigenvalue weighted by Crippen LogP contribution is 2.39. The zero-order chi connectivity index (χ0) is 16.1. The highest BCUT2D eigenvalue weighted by Gasteiger charge is 2.48. The van der Waals surface area contributed by atoms with Crippen LogP contribution in [0, 0.1) is 6.92 Å². The van der Waals surface area contributed by atoms with E-state index in [9.17, 15) is 14.4 Å². The molecule has 0 radical (unpaired) electrons. The number of likely N-dealkylation sites (tertiary alicyclic amines) is 1. The Morgan fingerprint density at radius 2 is 1.74 bits per heavy atom. The van der Waals surface area contributed by atoms with E-state index in [0.717, 1.165) is 12.8 Å². The van der Waals surface area contributed by atoms with E-state index in [0.29, 0.717) is 37.1 Å². The topological polar surface area (TPSA) is 83.7 Å². The van der Waals surface area contributed by atoms with Crippen molar-refractivity contribution in [2.24, 2.45) is 0 Å². The van der Waals surface area contributed by atoms with Crippen LogP contribution in [0.4, 0.5) is 0 Å². The van der Waals surface area contributed by atoms with Crippen molar-refractivity contribution in [3.8, 4) is 0 Å². The molecule has 7 heteroatoms. The van der Waals surface area contributed by atoms with Crippen LogP contribution in [0.5, 0.6) is 0 Å². The molecule has 3 aliphatic heterocycles. The summed E-state index contributed by atoms with van der Waals surface area (Å²) < 4.78 is 5.00. The SMILES string of the molecule is Cc1cc(C(=O)N2C3CCC2CC(N2C(=O)CCC2=O)C3)no1. The maximum Gasteiger partial charge on any atom is 0.276 e. The summed E-state index contributed by atoms with van der Waals surface area (Å²) in [7, 11) is 0. The minimum absolute atomic E-state index is 0.0573. The van der Waals surface area contributed by atoms with Gasteiger partial charge in [-0.05, 0) is 32.6 Å². The summed E-state index contributed by atoms with van der Waals surface area (Å²) in [6.07, 6.45) is 3.84. The molecule has 1 aromatic rings. The van der Waals surface area contributed by atoms with Crippen molar-refractivity contribution in [1.82, 2.24) is 15.0 Å². The Labute approximate surface area is 133 Å². The van der Waals surface area contributed by atoms with Crippen molar-refractivity contribution in [2.75, 3.05) is 0 Å². The first-order valence-electron chi connectivity index (χ1n) is 8.15. The summed E-state index contributed by atoms with van der Waals surface area (Å²) in [5, 5.41) is 3.82. The van der Waals surface area contributed by atoms with Gasteiger partial charge in [0.05, 0.1) is 0 Å². The standard InChI is InChI=1S/C16H19N3O4/c1-9-6-13(17-23-9)16(22)18-10-2-3-11(18)8-12(7-10)19-14(20)4-5-15(19)21/h6,10-12H,2-5,7-8H2,1H3. The average molecular weight is 317 g/mol. The van der Waals surface area contributed by atoms with Gasteiger partial charge in [-0.2, -0.15) is 0 Å². The predicted molar refractivity (Wildman–Crippen MR) is 78.3 cm³/mol. The van der Waals surface area contributed by atoms with E-state index < -0.39 is 0 Å². The Bertz CT molecular complexity index is 653. The zero-order valence-corrected chi connectivity index (χ0v) is 13.0. The van der Waals surface area contributed by atoms with Gasteiger partial charge in [-0.1, -0.05) is 5.16 Å². The molecule has 122 valence electrons. The van der Waals surface area contributed by atoms with Crippen molar-refractivity contribution in [3.05, 3.63) is 17.5 Å². The fraction of sp³-hybridized carbons (Fsp3) is 0.625. The third-order valence-electron chi connectivity index (χ3n) is 5.25. The number of piperidine rings is 1. The number of fused-ring (bicyclic) bond motifs is 2. The van der Waals surface area contributed by atoms with Gasteiger partial charge >= 0.3 is 0 Å². The molecule has 0 aromatic carbocycles. The molecule has 0 aliphatic carbocycles. The minimum atomic E-state index is -0.105. The lowest BCUT2D eigenvalue weighted by atomic mass is 9.95. The summed E-state index contributed by atoms with van der Waals surface area (Å²) in [6.45, 7) is 1.76. The molecule has 0 spiro atoms. The van der Waals surface area contributed by atoms with Gasteiger partial charge in [0, 0.05) is 37.0 Å². The summed E-state index contributed by atoms with van der Waals surface area (Å²) in [6, 6.07) is 1.74. The van der Waals surface area contributed by atoms with Crippen LogP contribution >= 0.6 is 0 Å². The van der Waals surface area contributed by atoms with Crippen LogP contribution in [0.25, 0.3) is 0 Å². The number of hydrogen-bond acceptors (Lipinski definition) is 5. The van der Waals surface area contributed by atoms with Crippen LogP contribution in [-0.4, -0.2) is 50.8 Å². The van der Waals surface area contributed by atoms with E-state index in [1.54, 1.807) is 13.0 Å². The Morgan fingerprint density at radius 3 is 2.26 bits per heavy atom. The normalized spacial score (nSPS) is 30.4. The number of rotatable bonds is 2. The number of carbonyl (C=O) groups is 3. The van der Waals surface area contributed by atoms with Gasteiger partial charge in [-0.25, -0.2) is 0 Å². The fourth-order valence-corrected chi connectivity index (χ4v) is 4.29. The molecule has 4 rings (SSSR count). The number of aromatic nitrogens is 1. The highest BCUT2D eigenvalue weighted by molar-refractivity contribution is 6.02. The maximum atomic E-state index is 12.7. The van der Waals surface area contributed by atoms with Crippen molar-refractivity contribution >= 4 is 17.7 Å². The third-order valence-corrected chi connectivity index (χ3v) is 5.25. The number of hydrogen-bond donors (Lipinski definition) is 0. The maximum absolute atomic E-state index is 12.7. The van der Waals surface area contributed by atoms with E-state index in [2.05, 4.69) is 5.16 Å². The number of carbonyl (C=O) groups excluding carboxylic acids is 3. The molecule has 0 N–H and O–H groups in total. The second kappa shape index (κ2) is 5.18. The lowest BCUT2D eigenvalue weighted by Gasteiger charge is -2.41.